The van der Waals surface area contributed by atoms with Gasteiger partial charge in [-0.25, -0.2) is 9.59 Å². The summed E-state index contributed by atoms with van der Waals surface area (Å²) in [6, 6.07) is 23.0. The smallest absolute Gasteiger partial charge is 0.449 e. The van der Waals surface area contributed by atoms with Crippen LogP contribution in [-0.2, 0) is 11.2 Å². The van der Waals surface area contributed by atoms with Crippen molar-refractivity contribution in [1.29, 1.82) is 0 Å². The van der Waals surface area contributed by atoms with E-state index < -0.39 is 34.7 Å². The van der Waals surface area contributed by atoms with Crippen molar-refractivity contribution < 1.29 is 33.9 Å². The molecule has 1 aliphatic rings. The molecule has 0 unspecified atom stereocenters. The molecule has 11 nitrogen and oxygen atoms in total. The fraction of sp³-hybridized carbons (Fsp3) is 0.156. The number of nitrogen functional groups attached to an aromatic ring is 1. The van der Waals surface area contributed by atoms with Crippen LogP contribution in [0.4, 0.5) is 21.0 Å². The highest BCUT2D eigenvalue weighted by molar-refractivity contribution is 6.06. The number of nitrogens with one attached hydrogen (secondary N) is 1. The van der Waals surface area contributed by atoms with Crippen molar-refractivity contribution >= 4 is 29.4 Å². The third-order valence-electron chi connectivity index (χ3n) is 7.32. The van der Waals surface area contributed by atoms with Gasteiger partial charge in [0.15, 0.2) is 5.78 Å². The van der Waals surface area contributed by atoms with E-state index in [1.807, 2.05) is 48.5 Å². The summed E-state index contributed by atoms with van der Waals surface area (Å²) in [4.78, 5) is 49.2. The first kappa shape index (κ1) is 28.8. The zero-order chi connectivity index (χ0) is 30.7. The summed E-state index contributed by atoms with van der Waals surface area (Å²) in [6.07, 6.45) is -2.62. The van der Waals surface area contributed by atoms with E-state index in [0.29, 0.717) is 11.3 Å². The van der Waals surface area contributed by atoms with Gasteiger partial charge in [0, 0.05) is 29.7 Å². The number of hydrogen-bond acceptors (Lipinski definition) is 8. The van der Waals surface area contributed by atoms with Crippen LogP contribution in [-0.4, -0.2) is 40.7 Å². The third-order valence-corrected chi connectivity index (χ3v) is 7.32. The normalized spacial score (nSPS) is 12.5. The largest absolute Gasteiger partial charge is 0.511 e. The molecule has 1 atom stereocenters. The van der Waals surface area contributed by atoms with Crippen LogP contribution in [0.3, 0.4) is 0 Å². The number of amides is 1. The van der Waals surface area contributed by atoms with Gasteiger partial charge >= 0.3 is 12.2 Å². The predicted molar refractivity (Wildman–Crippen MR) is 157 cm³/mol. The molecular formula is C32H27N3O8. The second-order valence-corrected chi connectivity index (χ2v) is 10.0. The van der Waals surface area contributed by atoms with E-state index in [1.165, 1.54) is 6.92 Å². The maximum atomic E-state index is 13.7. The highest BCUT2D eigenvalue weighted by Crippen LogP contribution is 2.44. The van der Waals surface area contributed by atoms with Crippen molar-refractivity contribution in [3.8, 4) is 16.9 Å². The first-order chi connectivity index (χ1) is 20.6. The van der Waals surface area contributed by atoms with Crippen molar-refractivity contribution in [2.24, 2.45) is 0 Å². The van der Waals surface area contributed by atoms with Crippen LogP contribution in [0.2, 0.25) is 0 Å². The molecule has 43 heavy (non-hydrogen) atoms. The van der Waals surface area contributed by atoms with Crippen molar-refractivity contribution in [2.75, 3.05) is 12.3 Å². The molecule has 4 N–H and O–H groups in total. The van der Waals surface area contributed by atoms with Gasteiger partial charge in [-0.3, -0.25) is 14.9 Å². The summed E-state index contributed by atoms with van der Waals surface area (Å²) in [5.74, 6) is -1.27. The number of benzene rings is 4. The summed E-state index contributed by atoms with van der Waals surface area (Å²) in [6.45, 7) is 1.37. The highest BCUT2D eigenvalue weighted by atomic mass is 16.7. The molecule has 0 radical (unpaired) electrons. The number of fused-ring (bicyclic) bond motifs is 3. The molecule has 1 amide bonds. The Balaban J connectivity index is 1.39. The molecule has 4 aromatic carbocycles. The molecule has 0 aliphatic heterocycles. The Morgan fingerprint density at radius 2 is 1.56 bits per heavy atom. The number of nitrogens with two attached hydrogens (primary N) is 1. The Morgan fingerprint density at radius 3 is 2.14 bits per heavy atom. The van der Waals surface area contributed by atoms with E-state index in [-0.39, 0.29) is 35.8 Å². The second-order valence-electron chi connectivity index (χ2n) is 10.0. The lowest BCUT2D eigenvalue weighted by Crippen LogP contribution is -2.40. The van der Waals surface area contributed by atoms with Crippen LogP contribution >= 0.6 is 0 Å². The van der Waals surface area contributed by atoms with Crippen molar-refractivity contribution in [2.45, 2.75) is 25.3 Å². The van der Waals surface area contributed by atoms with E-state index >= 15 is 0 Å². The third kappa shape index (κ3) is 6.01. The Bertz CT molecular complexity index is 1690. The van der Waals surface area contributed by atoms with Gasteiger partial charge in [0.05, 0.1) is 11.0 Å². The minimum atomic E-state index is -1.66. The van der Waals surface area contributed by atoms with Crippen LogP contribution in [0.1, 0.15) is 45.5 Å². The fourth-order valence-electron chi connectivity index (χ4n) is 5.35. The number of nitro groups is 1. The van der Waals surface area contributed by atoms with E-state index in [2.05, 4.69) is 5.32 Å². The molecule has 1 aliphatic carbocycles. The van der Waals surface area contributed by atoms with Gasteiger partial charge in [-0.1, -0.05) is 60.7 Å². The van der Waals surface area contributed by atoms with Crippen molar-refractivity contribution in [3.63, 3.8) is 0 Å². The Kier molecular flexibility index (Phi) is 8.06. The quantitative estimate of drug-likeness (QED) is 0.0541. The number of carbonyl (C=O) groups is 3. The Labute approximate surface area is 246 Å². The Morgan fingerprint density at radius 1 is 0.953 bits per heavy atom. The van der Waals surface area contributed by atoms with Gasteiger partial charge in [-0.2, -0.15) is 0 Å². The number of rotatable bonds is 9. The van der Waals surface area contributed by atoms with E-state index in [1.54, 1.807) is 24.3 Å². The molecule has 11 heteroatoms. The lowest BCUT2D eigenvalue weighted by atomic mass is 9.92. The lowest BCUT2D eigenvalue weighted by molar-refractivity contribution is -0.385. The van der Waals surface area contributed by atoms with Gasteiger partial charge in [-0.15, -0.1) is 0 Å². The number of ketones is 1. The van der Waals surface area contributed by atoms with E-state index in [4.69, 9.17) is 15.2 Å². The zero-order valence-electron chi connectivity index (χ0n) is 23.0. The summed E-state index contributed by atoms with van der Waals surface area (Å²) in [5.41, 5.74) is 10.00. The molecule has 0 bridgehead atoms. The Hall–Kier alpha value is -5.71. The number of anilines is 1. The number of nitrogens with zero attached hydrogens (tertiary/aromatic N) is 1. The van der Waals surface area contributed by atoms with Crippen LogP contribution < -0.4 is 15.8 Å². The zero-order valence-corrected chi connectivity index (χ0v) is 23.0. The number of hydrogen-bond donors (Lipinski definition) is 3. The van der Waals surface area contributed by atoms with Crippen LogP contribution in [0, 0.1) is 10.1 Å². The first-order valence-electron chi connectivity index (χ1n) is 13.3. The molecule has 0 fully saturated rings. The standard InChI is InChI=1S/C32H27N3O8/c1-18(34-31(37)42-17-26-23-8-4-2-6-21(23)22-7-3-5-9-24(22)26)30(36)29-25(16-19-10-12-20(33)13-11-19)28(43-32(38)39)15-14-27(29)35(40)41/h2-15,18,26H,16-17,33H2,1H3,(H,34,37)(H,38,39)/t18-/m0/s1. The van der Waals surface area contributed by atoms with Crippen molar-refractivity contribution in [1.82, 2.24) is 5.32 Å². The molecule has 5 rings (SSSR count). The summed E-state index contributed by atoms with van der Waals surface area (Å²) in [7, 11) is 0. The van der Waals surface area contributed by atoms with Gasteiger partial charge in [0.2, 0.25) is 0 Å². The maximum Gasteiger partial charge on any atom is 0.511 e. The lowest BCUT2D eigenvalue weighted by Gasteiger charge is -2.19. The summed E-state index contributed by atoms with van der Waals surface area (Å²) >= 11 is 0. The van der Waals surface area contributed by atoms with E-state index in [9.17, 15) is 29.6 Å². The molecule has 0 heterocycles. The number of carboxylic acid groups (broad SMARTS) is 1. The van der Waals surface area contributed by atoms with Gasteiger partial charge < -0.3 is 25.6 Å². The SMILES string of the molecule is C[C@H](NC(=O)OCC1c2ccccc2-c2ccccc21)C(=O)c1c([N+](=O)[O-])ccc(OC(=O)O)c1Cc1ccc(N)cc1. The summed E-state index contributed by atoms with van der Waals surface area (Å²) < 4.78 is 10.4. The number of carbonyl (C=O) groups excluding carboxylic acids is 2. The van der Waals surface area contributed by atoms with Crippen LogP contribution in [0.25, 0.3) is 11.1 Å². The number of alkyl carbamates (subject to hydrolysis) is 1. The molecule has 218 valence electrons. The fourth-order valence-corrected chi connectivity index (χ4v) is 5.35. The summed E-state index contributed by atoms with van der Waals surface area (Å²) in [5, 5.41) is 23.7. The van der Waals surface area contributed by atoms with Gasteiger partial charge in [0.1, 0.15) is 17.9 Å². The number of Topliss-reactive ketones (excluding diaryl/α,β-unsaturated/α-hetero) is 1. The number of nitro benzene ring substituents is 1. The molecule has 0 saturated carbocycles. The minimum Gasteiger partial charge on any atom is -0.449 e. The van der Waals surface area contributed by atoms with Gasteiger partial charge in [-0.05, 0) is 52.9 Å². The average molecular weight is 582 g/mol. The molecule has 0 saturated heterocycles. The maximum absolute atomic E-state index is 13.7. The van der Waals surface area contributed by atoms with Crippen LogP contribution in [0.15, 0.2) is 84.9 Å². The van der Waals surface area contributed by atoms with E-state index in [0.717, 1.165) is 34.4 Å². The van der Waals surface area contributed by atoms with Gasteiger partial charge in [0.25, 0.3) is 5.69 Å². The minimum absolute atomic E-state index is 0.00520. The second kappa shape index (κ2) is 12.0. The monoisotopic (exact) mass is 581 g/mol. The van der Waals surface area contributed by atoms with Crippen LogP contribution in [0.5, 0.6) is 5.75 Å². The molecule has 4 aromatic rings. The predicted octanol–water partition coefficient (Wildman–Crippen LogP) is 5.93. The molecule has 0 aromatic heterocycles. The first-order valence-corrected chi connectivity index (χ1v) is 13.3. The highest BCUT2D eigenvalue weighted by Gasteiger charge is 2.33. The van der Waals surface area contributed by atoms with Crippen molar-refractivity contribution in [3.05, 3.63) is 123 Å². The molecular weight excluding hydrogens is 554 g/mol. The molecule has 0 spiro atoms. The number of ether oxygens (including phenoxy) is 2. The average Bonchev–Trinajstić information content (AvgIpc) is 3.30. The topological polar surface area (TPSA) is 171 Å².